The normalized spacial score (nSPS) is 18.9. The number of fused-ring (bicyclic) bond motifs is 1. The first kappa shape index (κ1) is 18.9. The predicted octanol–water partition coefficient (Wildman–Crippen LogP) is 2.45. The molecule has 1 aromatic carbocycles. The number of H-pyrrole nitrogens is 1. The Kier molecular flexibility index (Phi) is 5.41. The largest absolute Gasteiger partial charge is 0.477 e. The summed E-state index contributed by atoms with van der Waals surface area (Å²) in [6.07, 6.45) is 6.22. The third-order valence-corrected chi connectivity index (χ3v) is 5.11. The van der Waals surface area contributed by atoms with Gasteiger partial charge in [0.2, 0.25) is 5.56 Å². The number of rotatable bonds is 5. The highest BCUT2D eigenvalue weighted by Crippen LogP contribution is 2.27. The van der Waals surface area contributed by atoms with Gasteiger partial charge in [-0.3, -0.25) is 9.59 Å². The zero-order valence-corrected chi connectivity index (χ0v) is 16.1. The summed E-state index contributed by atoms with van der Waals surface area (Å²) in [5.74, 6) is 0.522. The zero-order valence-electron chi connectivity index (χ0n) is 16.1. The molecule has 2 heterocycles. The fourth-order valence-corrected chi connectivity index (χ4v) is 3.67. The molecule has 0 bridgehead atoms. The average Bonchev–Trinajstić information content (AvgIpc) is 2.75. The maximum absolute atomic E-state index is 12.8. The van der Waals surface area contributed by atoms with Gasteiger partial charge in [-0.1, -0.05) is 18.2 Å². The molecule has 1 saturated carbocycles. The molecular formula is C21H22N4O4. The van der Waals surface area contributed by atoms with E-state index in [9.17, 15) is 9.59 Å². The number of aromatic amines is 1. The van der Waals surface area contributed by atoms with Gasteiger partial charge in [0.1, 0.15) is 6.10 Å². The van der Waals surface area contributed by atoms with Crippen molar-refractivity contribution >= 4 is 16.8 Å². The van der Waals surface area contributed by atoms with Crippen molar-refractivity contribution in [1.29, 1.82) is 0 Å². The van der Waals surface area contributed by atoms with Crippen LogP contribution in [0.25, 0.3) is 10.9 Å². The molecule has 150 valence electrons. The molecule has 29 heavy (non-hydrogen) atoms. The van der Waals surface area contributed by atoms with E-state index in [-0.39, 0.29) is 23.6 Å². The van der Waals surface area contributed by atoms with Crippen molar-refractivity contribution < 1.29 is 14.3 Å². The molecule has 0 saturated heterocycles. The zero-order chi connectivity index (χ0) is 20.2. The number of methoxy groups -OCH3 is 1. The average molecular weight is 394 g/mol. The van der Waals surface area contributed by atoms with E-state index in [0.717, 1.165) is 31.1 Å². The molecule has 8 nitrogen and oxygen atoms in total. The summed E-state index contributed by atoms with van der Waals surface area (Å²) in [4.78, 5) is 35.7. The molecule has 3 aromatic rings. The second kappa shape index (κ2) is 8.30. The third-order valence-electron chi connectivity index (χ3n) is 5.11. The molecule has 1 aliphatic rings. The van der Waals surface area contributed by atoms with Crippen LogP contribution in [0.3, 0.4) is 0 Å². The van der Waals surface area contributed by atoms with Crippen LogP contribution in [0.2, 0.25) is 0 Å². The summed E-state index contributed by atoms with van der Waals surface area (Å²) < 4.78 is 11.1. The molecule has 0 aliphatic heterocycles. The van der Waals surface area contributed by atoms with Crippen molar-refractivity contribution in [3.05, 3.63) is 58.6 Å². The number of hydrogen-bond donors (Lipinski definition) is 2. The number of carbonyl (C=O) groups excluding carboxylic acids is 1. The smallest absolute Gasteiger partial charge is 0.278 e. The van der Waals surface area contributed by atoms with Crippen LogP contribution in [0.4, 0.5) is 0 Å². The Hall–Kier alpha value is -3.42. The van der Waals surface area contributed by atoms with Gasteiger partial charge in [-0.2, -0.15) is 0 Å². The Labute approximate surface area is 167 Å². The van der Waals surface area contributed by atoms with Crippen molar-refractivity contribution in [2.75, 3.05) is 7.11 Å². The van der Waals surface area contributed by atoms with Crippen molar-refractivity contribution in [3.8, 4) is 11.8 Å². The summed E-state index contributed by atoms with van der Waals surface area (Å²) in [5.41, 5.74) is 0.760. The van der Waals surface area contributed by atoms with Crippen molar-refractivity contribution in [3.63, 3.8) is 0 Å². The minimum atomic E-state index is -0.288. The van der Waals surface area contributed by atoms with E-state index in [1.54, 1.807) is 18.5 Å². The van der Waals surface area contributed by atoms with Gasteiger partial charge in [0.15, 0.2) is 0 Å². The Morgan fingerprint density at radius 2 is 1.83 bits per heavy atom. The molecule has 8 heteroatoms. The Balaban J connectivity index is 1.39. The Morgan fingerprint density at radius 3 is 2.59 bits per heavy atom. The Morgan fingerprint density at radius 1 is 1.10 bits per heavy atom. The molecule has 0 spiro atoms. The minimum absolute atomic E-state index is 0.00541. The van der Waals surface area contributed by atoms with Crippen LogP contribution in [0.1, 0.15) is 36.0 Å². The van der Waals surface area contributed by atoms with Crippen molar-refractivity contribution in [1.82, 2.24) is 20.3 Å². The predicted molar refractivity (Wildman–Crippen MR) is 107 cm³/mol. The van der Waals surface area contributed by atoms with Crippen LogP contribution >= 0.6 is 0 Å². The lowest BCUT2D eigenvalue weighted by Gasteiger charge is -2.29. The lowest BCUT2D eigenvalue weighted by Crippen LogP contribution is -2.40. The summed E-state index contributed by atoms with van der Waals surface area (Å²) in [7, 11) is 1.53. The van der Waals surface area contributed by atoms with Crippen LogP contribution in [-0.4, -0.2) is 40.1 Å². The van der Waals surface area contributed by atoms with E-state index < -0.39 is 0 Å². The number of ether oxygens (including phenoxy) is 2. The minimum Gasteiger partial charge on any atom is -0.477 e. The number of benzene rings is 1. The molecule has 1 aliphatic carbocycles. The molecule has 2 N–H and O–H groups in total. The number of amides is 1. The van der Waals surface area contributed by atoms with E-state index in [4.69, 9.17) is 9.47 Å². The first-order valence-corrected chi connectivity index (χ1v) is 9.58. The molecule has 0 radical (unpaired) electrons. The fourth-order valence-electron chi connectivity index (χ4n) is 3.67. The molecule has 1 amide bonds. The van der Waals surface area contributed by atoms with Gasteiger partial charge in [-0.15, -0.1) is 0 Å². The second-order valence-corrected chi connectivity index (χ2v) is 7.03. The standard InChI is InChI=1S/C21H22N4O4/c1-28-20-21(23-11-10-22-20)29-14-8-6-13(7-9-14)24-19(27)16-12-18(26)25-17-5-3-2-4-15(16)17/h2-5,10-14H,6-9H2,1H3,(H,24,27)(H,25,26). The first-order valence-electron chi connectivity index (χ1n) is 9.58. The summed E-state index contributed by atoms with van der Waals surface area (Å²) in [6, 6.07) is 8.68. The van der Waals surface area contributed by atoms with Gasteiger partial charge in [-0.25, -0.2) is 9.97 Å². The van der Waals surface area contributed by atoms with Crippen LogP contribution in [-0.2, 0) is 0 Å². The monoisotopic (exact) mass is 394 g/mol. The highest BCUT2D eigenvalue weighted by atomic mass is 16.5. The van der Waals surface area contributed by atoms with Gasteiger partial charge in [0.25, 0.3) is 17.7 Å². The number of pyridine rings is 1. The molecule has 0 unspecified atom stereocenters. The SMILES string of the molecule is COc1nccnc1OC1CCC(NC(=O)c2cc(=O)[nH]c3ccccc23)CC1. The maximum atomic E-state index is 12.8. The molecule has 0 atom stereocenters. The number of nitrogens with zero attached hydrogens (tertiary/aromatic N) is 2. The highest BCUT2D eigenvalue weighted by Gasteiger charge is 2.26. The highest BCUT2D eigenvalue weighted by molar-refractivity contribution is 6.06. The summed E-state index contributed by atoms with van der Waals surface area (Å²) in [5, 5.41) is 3.79. The van der Waals surface area contributed by atoms with Crippen molar-refractivity contribution in [2.24, 2.45) is 0 Å². The Bertz CT molecular complexity index is 1070. The topological polar surface area (TPSA) is 106 Å². The number of aromatic nitrogens is 3. The molecular weight excluding hydrogens is 372 g/mol. The van der Waals surface area contributed by atoms with Gasteiger partial charge >= 0.3 is 0 Å². The second-order valence-electron chi connectivity index (χ2n) is 7.03. The lowest BCUT2D eigenvalue weighted by atomic mass is 9.92. The van der Waals surface area contributed by atoms with Crippen molar-refractivity contribution in [2.45, 2.75) is 37.8 Å². The third kappa shape index (κ3) is 4.21. The number of para-hydroxylation sites is 1. The van der Waals surface area contributed by atoms with Gasteiger partial charge in [-0.05, 0) is 31.7 Å². The summed E-state index contributed by atoms with van der Waals surface area (Å²) >= 11 is 0. The van der Waals surface area contributed by atoms with Gasteiger partial charge < -0.3 is 19.8 Å². The maximum Gasteiger partial charge on any atom is 0.278 e. The van der Waals surface area contributed by atoms with E-state index in [1.807, 2.05) is 18.2 Å². The quantitative estimate of drug-likeness (QED) is 0.688. The van der Waals surface area contributed by atoms with Crippen LogP contribution < -0.4 is 20.3 Å². The van der Waals surface area contributed by atoms with Gasteiger partial charge in [0.05, 0.1) is 12.7 Å². The molecule has 2 aromatic heterocycles. The van der Waals surface area contributed by atoms with Crippen LogP contribution in [0, 0.1) is 0 Å². The molecule has 1 fully saturated rings. The number of hydrogen-bond acceptors (Lipinski definition) is 6. The fraction of sp³-hybridized carbons (Fsp3) is 0.333. The van der Waals surface area contributed by atoms with E-state index in [0.29, 0.717) is 22.8 Å². The van der Waals surface area contributed by atoms with E-state index in [2.05, 4.69) is 20.3 Å². The number of carbonyl (C=O) groups is 1. The molecule has 4 rings (SSSR count). The van der Waals surface area contributed by atoms with E-state index >= 15 is 0 Å². The van der Waals surface area contributed by atoms with E-state index in [1.165, 1.54) is 13.2 Å². The first-order chi connectivity index (χ1) is 14.1. The lowest BCUT2D eigenvalue weighted by molar-refractivity contribution is 0.0888. The van der Waals surface area contributed by atoms with Crippen LogP contribution in [0.5, 0.6) is 11.8 Å². The van der Waals surface area contributed by atoms with Gasteiger partial charge in [0, 0.05) is 35.4 Å². The summed E-state index contributed by atoms with van der Waals surface area (Å²) in [6.45, 7) is 0. The number of nitrogens with one attached hydrogen (secondary N) is 2. The van der Waals surface area contributed by atoms with Crippen LogP contribution in [0.15, 0.2) is 47.5 Å².